The summed E-state index contributed by atoms with van der Waals surface area (Å²) in [6, 6.07) is 1.52. The number of pyridine rings is 1. The fourth-order valence-corrected chi connectivity index (χ4v) is 2.41. The van der Waals surface area contributed by atoms with E-state index in [0.717, 1.165) is 12.8 Å². The molecule has 0 unspecified atom stereocenters. The zero-order valence-electron chi connectivity index (χ0n) is 9.36. The number of hydrogen-bond donors (Lipinski definition) is 1. The van der Waals surface area contributed by atoms with Gasteiger partial charge in [-0.2, -0.15) is 0 Å². The molecule has 1 aliphatic rings. The van der Waals surface area contributed by atoms with Crippen molar-refractivity contribution in [1.82, 2.24) is 4.98 Å². The van der Waals surface area contributed by atoms with E-state index < -0.39 is 5.97 Å². The van der Waals surface area contributed by atoms with E-state index in [4.69, 9.17) is 9.84 Å². The first-order valence-electron chi connectivity index (χ1n) is 5.72. The van der Waals surface area contributed by atoms with Gasteiger partial charge in [-0.1, -0.05) is 6.42 Å². The lowest BCUT2D eigenvalue weighted by Crippen LogP contribution is -2.20. The molecule has 1 saturated carbocycles. The van der Waals surface area contributed by atoms with Gasteiger partial charge in [-0.05, 0) is 47.7 Å². The fourth-order valence-electron chi connectivity index (χ4n) is 1.97. The van der Waals surface area contributed by atoms with Crippen LogP contribution in [0.1, 0.15) is 42.5 Å². The van der Waals surface area contributed by atoms with Crippen LogP contribution in [0.5, 0.6) is 5.88 Å². The molecule has 1 aromatic heterocycles. The highest BCUT2D eigenvalue weighted by molar-refractivity contribution is 9.10. The number of rotatable bonds is 3. The number of nitrogens with zero attached hydrogens (tertiary/aromatic N) is 1. The molecule has 0 atom stereocenters. The minimum atomic E-state index is -0.984. The maximum atomic E-state index is 10.8. The lowest BCUT2D eigenvalue weighted by Gasteiger charge is -2.22. The van der Waals surface area contributed by atoms with E-state index in [-0.39, 0.29) is 11.7 Å². The Morgan fingerprint density at radius 2 is 2.12 bits per heavy atom. The zero-order chi connectivity index (χ0) is 12.3. The van der Waals surface area contributed by atoms with Gasteiger partial charge >= 0.3 is 5.97 Å². The van der Waals surface area contributed by atoms with Gasteiger partial charge < -0.3 is 9.84 Å². The summed E-state index contributed by atoms with van der Waals surface area (Å²) in [4.78, 5) is 14.8. The van der Waals surface area contributed by atoms with Crippen LogP contribution >= 0.6 is 15.9 Å². The molecular formula is C12H14BrNO3. The first-order valence-corrected chi connectivity index (χ1v) is 6.51. The topological polar surface area (TPSA) is 59.4 Å². The van der Waals surface area contributed by atoms with Crippen LogP contribution in [-0.4, -0.2) is 22.2 Å². The van der Waals surface area contributed by atoms with E-state index in [1.165, 1.54) is 31.5 Å². The quantitative estimate of drug-likeness (QED) is 0.931. The molecule has 0 bridgehead atoms. The molecule has 17 heavy (non-hydrogen) atoms. The highest BCUT2D eigenvalue weighted by Crippen LogP contribution is 2.28. The second kappa shape index (κ2) is 5.49. The van der Waals surface area contributed by atoms with Crippen LogP contribution in [0, 0.1) is 0 Å². The monoisotopic (exact) mass is 299 g/mol. The molecule has 4 nitrogen and oxygen atoms in total. The number of ether oxygens (including phenoxy) is 1. The first-order chi connectivity index (χ1) is 8.16. The van der Waals surface area contributed by atoms with E-state index in [1.807, 2.05) is 0 Å². The van der Waals surface area contributed by atoms with Crippen LogP contribution in [0.25, 0.3) is 0 Å². The minimum absolute atomic E-state index is 0.160. The summed E-state index contributed by atoms with van der Waals surface area (Å²) in [6.07, 6.45) is 7.29. The smallest absolute Gasteiger partial charge is 0.337 e. The summed E-state index contributed by atoms with van der Waals surface area (Å²) in [5.74, 6) is -0.496. The van der Waals surface area contributed by atoms with Crippen molar-refractivity contribution in [2.75, 3.05) is 0 Å². The molecule has 0 radical (unpaired) electrons. The fraction of sp³-hybridized carbons (Fsp3) is 0.500. The zero-order valence-corrected chi connectivity index (χ0v) is 10.9. The van der Waals surface area contributed by atoms with Gasteiger partial charge in [-0.25, -0.2) is 9.78 Å². The predicted octanol–water partition coefficient (Wildman–Crippen LogP) is 3.25. The number of aromatic nitrogens is 1. The Kier molecular flexibility index (Phi) is 3.99. The number of halogens is 1. The molecule has 1 aliphatic carbocycles. The number of carboxylic acids is 1. The highest BCUT2D eigenvalue weighted by Gasteiger charge is 2.17. The van der Waals surface area contributed by atoms with Crippen molar-refractivity contribution in [3.8, 4) is 5.88 Å². The number of carbonyl (C=O) groups is 1. The predicted molar refractivity (Wildman–Crippen MR) is 66.4 cm³/mol. The molecule has 1 N–H and O–H groups in total. The van der Waals surface area contributed by atoms with Gasteiger partial charge in [0, 0.05) is 6.20 Å². The third-order valence-electron chi connectivity index (χ3n) is 2.88. The molecular weight excluding hydrogens is 286 g/mol. The summed E-state index contributed by atoms with van der Waals surface area (Å²) in [7, 11) is 0. The van der Waals surface area contributed by atoms with Crippen LogP contribution in [0.2, 0.25) is 0 Å². The Hall–Kier alpha value is -1.10. The van der Waals surface area contributed by atoms with Gasteiger partial charge in [0.15, 0.2) is 0 Å². The SMILES string of the molecule is O=C(O)c1cnc(OC2CCCCC2)c(Br)c1. The summed E-state index contributed by atoms with van der Waals surface area (Å²) >= 11 is 3.29. The summed E-state index contributed by atoms with van der Waals surface area (Å²) in [5, 5.41) is 8.82. The lowest BCUT2D eigenvalue weighted by molar-refractivity contribution is 0.0696. The van der Waals surface area contributed by atoms with E-state index in [2.05, 4.69) is 20.9 Å². The van der Waals surface area contributed by atoms with Gasteiger partial charge in [0.2, 0.25) is 5.88 Å². The van der Waals surface area contributed by atoms with Crippen LogP contribution in [0.4, 0.5) is 0 Å². The normalized spacial score (nSPS) is 16.8. The van der Waals surface area contributed by atoms with Gasteiger partial charge in [0.25, 0.3) is 0 Å². The largest absolute Gasteiger partial charge is 0.478 e. The molecule has 0 aliphatic heterocycles. The molecule has 0 saturated heterocycles. The standard InChI is InChI=1S/C12H14BrNO3/c13-10-6-8(12(15)16)7-14-11(10)17-9-4-2-1-3-5-9/h6-7,9H,1-5H2,(H,15,16). The van der Waals surface area contributed by atoms with Crippen LogP contribution in [0.15, 0.2) is 16.7 Å². The van der Waals surface area contributed by atoms with Crippen molar-refractivity contribution in [3.63, 3.8) is 0 Å². The van der Waals surface area contributed by atoms with Crippen molar-refractivity contribution in [2.24, 2.45) is 0 Å². The highest BCUT2D eigenvalue weighted by atomic mass is 79.9. The van der Waals surface area contributed by atoms with E-state index >= 15 is 0 Å². The summed E-state index contributed by atoms with van der Waals surface area (Å²) < 4.78 is 6.37. The molecule has 0 amide bonds. The Balaban J connectivity index is 2.08. The Morgan fingerprint density at radius 3 is 2.71 bits per heavy atom. The maximum absolute atomic E-state index is 10.8. The van der Waals surface area contributed by atoms with Gasteiger partial charge in [-0.15, -0.1) is 0 Å². The second-order valence-electron chi connectivity index (χ2n) is 4.19. The van der Waals surface area contributed by atoms with Crippen molar-refractivity contribution < 1.29 is 14.6 Å². The average molecular weight is 300 g/mol. The van der Waals surface area contributed by atoms with Crippen molar-refractivity contribution in [2.45, 2.75) is 38.2 Å². The molecule has 0 aromatic carbocycles. The Labute approximate surface area is 108 Å². The molecule has 5 heteroatoms. The molecule has 1 fully saturated rings. The Bertz CT molecular complexity index is 416. The van der Waals surface area contributed by atoms with E-state index in [1.54, 1.807) is 0 Å². The van der Waals surface area contributed by atoms with Crippen molar-refractivity contribution in [1.29, 1.82) is 0 Å². The number of aromatic carboxylic acids is 1. The van der Waals surface area contributed by atoms with Crippen molar-refractivity contribution in [3.05, 3.63) is 22.3 Å². The van der Waals surface area contributed by atoms with Gasteiger partial charge in [0.05, 0.1) is 10.0 Å². The molecule has 0 spiro atoms. The molecule has 2 rings (SSSR count). The molecule has 1 heterocycles. The van der Waals surface area contributed by atoms with E-state index in [9.17, 15) is 4.79 Å². The molecule has 92 valence electrons. The second-order valence-corrected chi connectivity index (χ2v) is 5.05. The minimum Gasteiger partial charge on any atom is -0.478 e. The summed E-state index contributed by atoms with van der Waals surface area (Å²) in [5.41, 5.74) is 0.160. The van der Waals surface area contributed by atoms with Crippen LogP contribution in [-0.2, 0) is 0 Å². The van der Waals surface area contributed by atoms with Crippen molar-refractivity contribution >= 4 is 21.9 Å². The van der Waals surface area contributed by atoms with Crippen LogP contribution < -0.4 is 4.74 Å². The Morgan fingerprint density at radius 1 is 1.41 bits per heavy atom. The average Bonchev–Trinajstić information content (AvgIpc) is 2.33. The third-order valence-corrected chi connectivity index (χ3v) is 3.45. The first kappa shape index (κ1) is 12.4. The van der Waals surface area contributed by atoms with Gasteiger partial charge in [0.1, 0.15) is 6.10 Å². The maximum Gasteiger partial charge on any atom is 0.337 e. The van der Waals surface area contributed by atoms with E-state index in [0.29, 0.717) is 10.4 Å². The van der Waals surface area contributed by atoms with Crippen LogP contribution in [0.3, 0.4) is 0 Å². The third kappa shape index (κ3) is 3.19. The molecule has 1 aromatic rings. The summed E-state index contributed by atoms with van der Waals surface area (Å²) in [6.45, 7) is 0. The number of hydrogen-bond acceptors (Lipinski definition) is 3. The lowest BCUT2D eigenvalue weighted by atomic mass is 9.98. The van der Waals surface area contributed by atoms with Gasteiger partial charge in [-0.3, -0.25) is 0 Å². The number of carboxylic acid groups (broad SMARTS) is 1.